The summed E-state index contributed by atoms with van der Waals surface area (Å²) >= 11 is 0. The molecule has 0 aliphatic carbocycles. The Balaban J connectivity index is 4.07. The zero-order valence-electron chi connectivity index (χ0n) is 7.22. The zero-order valence-corrected chi connectivity index (χ0v) is 7.22. The van der Waals surface area contributed by atoms with Gasteiger partial charge in [0.25, 0.3) is 0 Å². The van der Waals surface area contributed by atoms with E-state index in [4.69, 9.17) is 0 Å². The molecule has 0 amide bonds. The molecule has 10 heavy (non-hydrogen) atoms. The van der Waals surface area contributed by atoms with Crippen LogP contribution in [0.25, 0.3) is 0 Å². The Bertz CT molecular complexity index is 107. The van der Waals surface area contributed by atoms with Crippen LogP contribution in [0.1, 0.15) is 33.6 Å². The van der Waals surface area contributed by atoms with Gasteiger partial charge in [-0.1, -0.05) is 19.9 Å². The van der Waals surface area contributed by atoms with Gasteiger partial charge in [0.15, 0.2) is 0 Å². The van der Waals surface area contributed by atoms with E-state index in [9.17, 15) is 5.11 Å². The molecule has 0 aliphatic rings. The van der Waals surface area contributed by atoms with Crippen LogP contribution in [-0.2, 0) is 0 Å². The Morgan fingerprint density at radius 2 is 2.20 bits per heavy atom. The molecule has 0 radical (unpaired) electrons. The smallest absolute Gasteiger partial charge is 0.0568 e. The molecule has 0 aromatic rings. The largest absolute Gasteiger partial charge is 0.393 e. The molecule has 0 bridgehead atoms. The van der Waals surface area contributed by atoms with Gasteiger partial charge in [0, 0.05) is 0 Å². The van der Waals surface area contributed by atoms with Gasteiger partial charge in [0.05, 0.1) is 6.10 Å². The van der Waals surface area contributed by atoms with Crippen molar-refractivity contribution >= 4 is 0 Å². The van der Waals surface area contributed by atoms with Crippen LogP contribution in [0.3, 0.4) is 0 Å². The fourth-order valence-corrected chi connectivity index (χ4v) is 0.940. The second-order valence-corrected chi connectivity index (χ2v) is 3.18. The number of rotatable bonds is 4. The zero-order chi connectivity index (χ0) is 8.20. The number of aliphatic hydroxyl groups excluding tert-OH is 1. The van der Waals surface area contributed by atoms with Gasteiger partial charge in [-0.3, -0.25) is 0 Å². The molecule has 0 rings (SSSR count). The van der Waals surface area contributed by atoms with Gasteiger partial charge in [-0.05, 0) is 25.2 Å². The first-order chi connectivity index (χ1) is 4.56. The summed E-state index contributed by atoms with van der Waals surface area (Å²) in [5.41, 5.74) is 0.0295. The molecule has 1 heteroatoms. The summed E-state index contributed by atoms with van der Waals surface area (Å²) in [6, 6.07) is 0. The maximum absolute atomic E-state index is 9.35. The minimum Gasteiger partial charge on any atom is -0.393 e. The number of hydrogen-bond acceptors (Lipinski definition) is 1. The molecule has 0 saturated carbocycles. The fraction of sp³-hybridized carbons (Fsp3) is 0.778. The minimum atomic E-state index is -0.240. The molecular formula is C9H18O. The Morgan fingerprint density at radius 1 is 1.70 bits per heavy atom. The average molecular weight is 142 g/mol. The van der Waals surface area contributed by atoms with Crippen molar-refractivity contribution in [3.05, 3.63) is 12.7 Å². The van der Waals surface area contributed by atoms with Crippen molar-refractivity contribution in [2.24, 2.45) is 5.41 Å². The molecule has 0 spiro atoms. The van der Waals surface area contributed by atoms with Crippen molar-refractivity contribution in [1.29, 1.82) is 0 Å². The van der Waals surface area contributed by atoms with E-state index in [2.05, 4.69) is 20.4 Å². The first kappa shape index (κ1) is 9.70. The minimum absolute atomic E-state index is 0.0295. The molecule has 2 atom stereocenters. The van der Waals surface area contributed by atoms with Gasteiger partial charge in [0.2, 0.25) is 0 Å². The van der Waals surface area contributed by atoms with E-state index < -0.39 is 0 Å². The van der Waals surface area contributed by atoms with Gasteiger partial charge in [-0.2, -0.15) is 0 Å². The first-order valence-corrected chi connectivity index (χ1v) is 3.85. The molecule has 0 aliphatic heterocycles. The highest BCUT2D eigenvalue weighted by molar-refractivity contribution is 4.85. The predicted molar refractivity (Wildman–Crippen MR) is 44.9 cm³/mol. The SMILES string of the molecule is C=CCC(C)(CC)C(C)O. The van der Waals surface area contributed by atoms with Crippen LogP contribution in [-0.4, -0.2) is 11.2 Å². The molecule has 0 saturated heterocycles. The fourth-order valence-electron chi connectivity index (χ4n) is 0.940. The van der Waals surface area contributed by atoms with Crippen molar-refractivity contribution in [1.82, 2.24) is 0 Å². The number of hydrogen-bond donors (Lipinski definition) is 1. The lowest BCUT2D eigenvalue weighted by molar-refractivity contribution is 0.0515. The Labute approximate surface area is 63.8 Å². The Kier molecular flexibility index (Phi) is 3.66. The quantitative estimate of drug-likeness (QED) is 0.597. The van der Waals surface area contributed by atoms with Crippen LogP contribution in [0.2, 0.25) is 0 Å². The third kappa shape index (κ3) is 2.14. The van der Waals surface area contributed by atoms with Crippen LogP contribution in [0, 0.1) is 5.41 Å². The highest BCUT2D eigenvalue weighted by Gasteiger charge is 2.25. The topological polar surface area (TPSA) is 20.2 Å². The van der Waals surface area contributed by atoms with Crippen molar-refractivity contribution in [2.45, 2.75) is 39.7 Å². The maximum Gasteiger partial charge on any atom is 0.0568 e. The summed E-state index contributed by atoms with van der Waals surface area (Å²) in [6.45, 7) is 9.68. The van der Waals surface area contributed by atoms with Crippen LogP contribution >= 0.6 is 0 Å². The van der Waals surface area contributed by atoms with E-state index in [1.807, 2.05) is 13.0 Å². The van der Waals surface area contributed by atoms with Crippen molar-refractivity contribution < 1.29 is 5.11 Å². The van der Waals surface area contributed by atoms with Crippen LogP contribution < -0.4 is 0 Å². The van der Waals surface area contributed by atoms with E-state index in [0.717, 1.165) is 12.8 Å². The molecule has 0 heterocycles. The lowest BCUT2D eigenvalue weighted by Crippen LogP contribution is -2.28. The summed E-state index contributed by atoms with van der Waals surface area (Å²) in [6.07, 6.45) is 3.52. The molecule has 1 N–H and O–H groups in total. The third-order valence-corrected chi connectivity index (χ3v) is 2.43. The molecule has 0 aromatic heterocycles. The summed E-state index contributed by atoms with van der Waals surface area (Å²) in [7, 11) is 0. The normalized spacial score (nSPS) is 19.6. The maximum atomic E-state index is 9.35. The van der Waals surface area contributed by atoms with Gasteiger partial charge in [-0.15, -0.1) is 6.58 Å². The second kappa shape index (κ2) is 3.77. The molecule has 0 fully saturated rings. The Morgan fingerprint density at radius 3 is 2.30 bits per heavy atom. The van der Waals surface area contributed by atoms with Crippen molar-refractivity contribution in [2.75, 3.05) is 0 Å². The predicted octanol–water partition coefficient (Wildman–Crippen LogP) is 2.36. The Hall–Kier alpha value is -0.300. The first-order valence-electron chi connectivity index (χ1n) is 3.85. The van der Waals surface area contributed by atoms with Crippen molar-refractivity contribution in [3.8, 4) is 0 Å². The highest BCUT2D eigenvalue weighted by Crippen LogP contribution is 2.29. The summed E-state index contributed by atoms with van der Waals surface area (Å²) in [5.74, 6) is 0. The van der Waals surface area contributed by atoms with Crippen LogP contribution in [0.15, 0.2) is 12.7 Å². The summed E-state index contributed by atoms with van der Waals surface area (Å²) in [5, 5.41) is 9.35. The molecule has 60 valence electrons. The van der Waals surface area contributed by atoms with Gasteiger partial charge >= 0.3 is 0 Å². The number of allylic oxidation sites excluding steroid dienone is 1. The highest BCUT2D eigenvalue weighted by atomic mass is 16.3. The van der Waals surface area contributed by atoms with E-state index in [0.29, 0.717) is 0 Å². The standard InChI is InChI=1S/C9H18O/c1-5-7-9(4,6-2)8(3)10/h5,8,10H,1,6-7H2,2-4H3. The van der Waals surface area contributed by atoms with Crippen molar-refractivity contribution in [3.63, 3.8) is 0 Å². The van der Waals surface area contributed by atoms with Crippen LogP contribution in [0.5, 0.6) is 0 Å². The molecule has 1 nitrogen and oxygen atoms in total. The van der Waals surface area contributed by atoms with E-state index in [1.54, 1.807) is 0 Å². The lowest BCUT2D eigenvalue weighted by atomic mass is 9.79. The van der Waals surface area contributed by atoms with Gasteiger partial charge in [0.1, 0.15) is 0 Å². The van der Waals surface area contributed by atoms with Gasteiger partial charge in [-0.25, -0.2) is 0 Å². The lowest BCUT2D eigenvalue weighted by Gasteiger charge is -2.29. The van der Waals surface area contributed by atoms with E-state index in [1.165, 1.54) is 0 Å². The molecule has 0 aromatic carbocycles. The molecular weight excluding hydrogens is 124 g/mol. The number of aliphatic hydroxyl groups is 1. The summed E-state index contributed by atoms with van der Waals surface area (Å²) in [4.78, 5) is 0. The van der Waals surface area contributed by atoms with Crippen LogP contribution in [0.4, 0.5) is 0 Å². The van der Waals surface area contributed by atoms with E-state index >= 15 is 0 Å². The monoisotopic (exact) mass is 142 g/mol. The second-order valence-electron chi connectivity index (χ2n) is 3.18. The molecule has 2 unspecified atom stereocenters. The average Bonchev–Trinajstić information content (AvgIpc) is 1.88. The van der Waals surface area contributed by atoms with Gasteiger partial charge < -0.3 is 5.11 Å². The third-order valence-electron chi connectivity index (χ3n) is 2.43. The van der Waals surface area contributed by atoms with E-state index in [-0.39, 0.29) is 11.5 Å². The summed E-state index contributed by atoms with van der Waals surface area (Å²) < 4.78 is 0.